The van der Waals surface area contributed by atoms with Crippen LogP contribution in [-0.2, 0) is 9.84 Å². The lowest BCUT2D eigenvalue weighted by Crippen LogP contribution is -2.29. The molecule has 1 aromatic rings. The third-order valence-electron chi connectivity index (χ3n) is 2.87. The molecule has 1 unspecified atom stereocenters. The molecule has 0 aromatic carbocycles. The lowest BCUT2D eigenvalue weighted by atomic mass is 10.3. The van der Waals surface area contributed by atoms with Crippen LogP contribution in [0, 0.1) is 0 Å². The molecular weight excluding hydrogens is 334 g/mol. The first-order chi connectivity index (χ1) is 10.3. The SMILES string of the molecule is Nc1nc(N)c(C(=O)NC=NNC2CCS(=O)(=O)C2)nc1Cl. The first kappa shape index (κ1) is 16.2. The Morgan fingerprint density at radius 2 is 2.09 bits per heavy atom. The Kier molecular flexibility index (Phi) is 4.66. The Labute approximate surface area is 131 Å². The number of rotatable bonds is 4. The molecule has 1 atom stereocenters. The molecule has 12 heteroatoms. The number of aromatic nitrogens is 2. The van der Waals surface area contributed by atoms with E-state index in [0.717, 1.165) is 6.34 Å². The highest BCUT2D eigenvalue weighted by Gasteiger charge is 2.27. The van der Waals surface area contributed by atoms with Gasteiger partial charge in [0.05, 0.1) is 17.5 Å². The number of anilines is 2. The fraction of sp³-hybridized carbons (Fsp3) is 0.400. The quantitative estimate of drug-likeness (QED) is 0.297. The Morgan fingerprint density at radius 1 is 1.36 bits per heavy atom. The predicted molar refractivity (Wildman–Crippen MR) is 82.0 cm³/mol. The van der Waals surface area contributed by atoms with Crippen molar-refractivity contribution in [3.8, 4) is 0 Å². The van der Waals surface area contributed by atoms with Gasteiger partial charge in [-0.1, -0.05) is 11.6 Å². The number of nitrogens with zero attached hydrogens (tertiary/aromatic N) is 3. The first-order valence-electron chi connectivity index (χ1n) is 6.15. The number of amides is 1. The minimum atomic E-state index is -2.99. The van der Waals surface area contributed by atoms with Gasteiger partial charge in [-0.15, -0.1) is 0 Å². The third-order valence-corrected chi connectivity index (χ3v) is 4.92. The van der Waals surface area contributed by atoms with Gasteiger partial charge in [-0.25, -0.2) is 18.4 Å². The van der Waals surface area contributed by atoms with Crippen LogP contribution in [0.5, 0.6) is 0 Å². The van der Waals surface area contributed by atoms with E-state index in [-0.39, 0.29) is 40.0 Å². The van der Waals surface area contributed by atoms with E-state index in [1.165, 1.54) is 0 Å². The van der Waals surface area contributed by atoms with Gasteiger partial charge < -0.3 is 22.2 Å². The number of hydrogen-bond donors (Lipinski definition) is 4. The van der Waals surface area contributed by atoms with Crippen LogP contribution in [0.3, 0.4) is 0 Å². The van der Waals surface area contributed by atoms with Crippen molar-refractivity contribution in [3.05, 3.63) is 10.8 Å². The normalized spacial score (nSPS) is 20.1. The maximum Gasteiger partial charge on any atom is 0.278 e. The summed E-state index contributed by atoms with van der Waals surface area (Å²) in [7, 11) is -2.99. The summed E-state index contributed by atoms with van der Waals surface area (Å²) in [6, 6.07) is -0.269. The molecule has 2 rings (SSSR count). The maximum atomic E-state index is 11.8. The second kappa shape index (κ2) is 6.32. The Balaban J connectivity index is 1.90. The number of hydrogen-bond acceptors (Lipinski definition) is 9. The minimum Gasteiger partial charge on any atom is -0.382 e. The van der Waals surface area contributed by atoms with Crippen LogP contribution in [-0.4, -0.2) is 48.2 Å². The Hall–Kier alpha value is -2.14. The molecule has 6 N–H and O–H groups in total. The number of halogens is 1. The van der Waals surface area contributed by atoms with Crippen molar-refractivity contribution < 1.29 is 13.2 Å². The van der Waals surface area contributed by atoms with Crippen molar-refractivity contribution >= 4 is 45.3 Å². The zero-order chi connectivity index (χ0) is 16.3. The van der Waals surface area contributed by atoms with Crippen molar-refractivity contribution in [2.75, 3.05) is 23.0 Å². The molecule has 0 aliphatic carbocycles. The van der Waals surface area contributed by atoms with Gasteiger partial charge >= 0.3 is 0 Å². The van der Waals surface area contributed by atoms with Gasteiger partial charge in [0, 0.05) is 0 Å². The lowest BCUT2D eigenvalue weighted by molar-refractivity contribution is 0.0974. The fourth-order valence-corrected chi connectivity index (χ4v) is 3.60. The van der Waals surface area contributed by atoms with E-state index in [1.54, 1.807) is 0 Å². The van der Waals surface area contributed by atoms with E-state index in [4.69, 9.17) is 23.1 Å². The lowest BCUT2D eigenvalue weighted by Gasteiger charge is -2.07. The molecule has 2 heterocycles. The number of sulfone groups is 1. The van der Waals surface area contributed by atoms with Crippen molar-refractivity contribution in [1.82, 2.24) is 20.7 Å². The molecule has 0 spiro atoms. The molecule has 0 bridgehead atoms. The van der Waals surface area contributed by atoms with E-state index in [0.29, 0.717) is 6.42 Å². The van der Waals surface area contributed by atoms with Gasteiger partial charge in [-0.05, 0) is 6.42 Å². The van der Waals surface area contributed by atoms with Gasteiger partial charge in [0.1, 0.15) is 6.34 Å². The summed E-state index contributed by atoms with van der Waals surface area (Å²) >= 11 is 5.67. The van der Waals surface area contributed by atoms with Crippen LogP contribution in [0.1, 0.15) is 16.9 Å². The van der Waals surface area contributed by atoms with E-state index >= 15 is 0 Å². The molecular formula is C10H14ClN7O3S. The zero-order valence-electron chi connectivity index (χ0n) is 11.3. The third kappa shape index (κ3) is 3.95. The highest BCUT2D eigenvalue weighted by Crippen LogP contribution is 2.17. The van der Waals surface area contributed by atoms with Crippen LogP contribution in [0.15, 0.2) is 5.10 Å². The highest BCUT2D eigenvalue weighted by atomic mass is 35.5. The Bertz CT molecular complexity index is 721. The molecule has 1 saturated heterocycles. The highest BCUT2D eigenvalue weighted by molar-refractivity contribution is 7.91. The van der Waals surface area contributed by atoms with Gasteiger partial charge in [-0.3, -0.25) is 4.79 Å². The summed E-state index contributed by atoms with van der Waals surface area (Å²) < 4.78 is 22.5. The fourth-order valence-electron chi connectivity index (χ4n) is 1.81. The van der Waals surface area contributed by atoms with E-state index in [1.807, 2.05) is 0 Å². The summed E-state index contributed by atoms with van der Waals surface area (Å²) in [5.41, 5.74) is 13.4. The summed E-state index contributed by atoms with van der Waals surface area (Å²) in [6.07, 6.45) is 1.54. The van der Waals surface area contributed by atoms with Crippen LogP contribution in [0.25, 0.3) is 0 Å². The molecule has 10 nitrogen and oxygen atoms in total. The average Bonchev–Trinajstić information content (AvgIpc) is 2.78. The zero-order valence-corrected chi connectivity index (χ0v) is 12.9. The van der Waals surface area contributed by atoms with Crippen LogP contribution in [0.2, 0.25) is 5.15 Å². The van der Waals surface area contributed by atoms with Gasteiger partial charge in [0.25, 0.3) is 5.91 Å². The van der Waals surface area contributed by atoms with Crippen molar-refractivity contribution in [2.24, 2.45) is 5.10 Å². The van der Waals surface area contributed by atoms with Crippen LogP contribution >= 0.6 is 11.6 Å². The van der Waals surface area contributed by atoms with E-state index in [2.05, 4.69) is 25.8 Å². The first-order valence-corrected chi connectivity index (χ1v) is 8.35. The number of carbonyl (C=O) groups excluding carboxylic acids is 1. The molecule has 1 amide bonds. The van der Waals surface area contributed by atoms with E-state index in [9.17, 15) is 13.2 Å². The van der Waals surface area contributed by atoms with Gasteiger partial charge in [-0.2, -0.15) is 5.10 Å². The predicted octanol–water partition coefficient (Wildman–Crippen LogP) is -1.26. The minimum absolute atomic E-state index is 0.0181. The number of nitrogens with two attached hydrogens (primary N) is 2. The summed E-state index contributed by atoms with van der Waals surface area (Å²) in [4.78, 5) is 19.2. The summed E-state index contributed by atoms with van der Waals surface area (Å²) in [6.45, 7) is 0. The number of nitrogen functional groups attached to an aromatic ring is 2. The monoisotopic (exact) mass is 347 g/mol. The molecule has 1 aromatic heterocycles. The number of nitrogens with one attached hydrogen (secondary N) is 2. The maximum absolute atomic E-state index is 11.8. The van der Waals surface area contributed by atoms with Crippen molar-refractivity contribution in [2.45, 2.75) is 12.5 Å². The van der Waals surface area contributed by atoms with Crippen LogP contribution in [0.4, 0.5) is 11.6 Å². The molecule has 120 valence electrons. The van der Waals surface area contributed by atoms with Gasteiger partial charge in [0.15, 0.2) is 32.3 Å². The Morgan fingerprint density at radius 3 is 2.73 bits per heavy atom. The molecule has 0 saturated carbocycles. The smallest absolute Gasteiger partial charge is 0.278 e. The summed E-state index contributed by atoms with van der Waals surface area (Å²) in [5, 5.41) is 5.91. The molecule has 22 heavy (non-hydrogen) atoms. The number of carbonyl (C=O) groups is 1. The van der Waals surface area contributed by atoms with Crippen molar-refractivity contribution in [3.63, 3.8) is 0 Å². The standard InChI is InChI=1S/C10H14ClN7O3S/c11-7-9(13)17-8(12)6(16-7)10(19)14-4-15-18-5-1-2-22(20,21)3-5/h4-5,18H,1-3H2,(H4,12,13,17)(H,14,15,19). The topological polar surface area (TPSA) is 165 Å². The molecule has 1 aliphatic rings. The second-order valence-electron chi connectivity index (χ2n) is 4.59. The summed E-state index contributed by atoms with van der Waals surface area (Å²) in [5.74, 6) is -0.764. The molecule has 0 radical (unpaired) electrons. The second-order valence-corrected chi connectivity index (χ2v) is 7.18. The molecule has 1 fully saturated rings. The largest absolute Gasteiger partial charge is 0.382 e. The van der Waals surface area contributed by atoms with E-state index < -0.39 is 15.7 Å². The number of hydrazone groups is 1. The molecule has 1 aliphatic heterocycles. The van der Waals surface area contributed by atoms with Crippen molar-refractivity contribution in [1.29, 1.82) is 0 Å². The van der Waals surface area contributed by atoms with Crippen LogP contribution < -0.4 is 22.2 Å². The van der Waals surface area contributed by atoms with Gasteiger partial charge in [0.2, 0.25) is 0 Å². The average molecular weight is 348 g/mol.